The molecule has 0 aromatic carbocycles. The standard InChI is InChI=1S/C12H19N/c1-9-5-11(10(2)8-13)7-12(3,4)6-9/h5,8,13H,6-7H2,1-4H3/b11-10+,13-8?. The molecule has 0 saturated heterocycles. The van der Waals surface area contributed by atoms with Crippen molar-refractivity contribution in [1.29, 1.82) is 5.41 Å². The highest BCUT2D eigenvalue weighted by Crippen LogP contribution is 2.38. The lowest BCUT2D eigenvalue weighted by atomic mass is 9.75. The third-order valence-corrected chi connectivity index (χ3v) is 2.57. The van der Waals surface area contributed by atoms with Crippen molar-refractivity contribution >= 4 is 6.21 Å². The number of rotatable bonds is 1. The average molecular weight is 177 g/mol. The van der Waals surface area contributed by atoms with E-state index in [9.17, 15) is 0 Å². The van der Waals surface area contributed by atoms with Crippen molar-refractivity contribution in [2.45, 2.75) is 40.5 Å². The Morgan fingerprint density at radius 3 is 2.54 bits per heavy atom. The second-order valence-corrected chi connectivity index (χ2v) is 4.86. The molecule has 0 atom stereocenters. The molecule has 1 nitrogen and oxygen atoms in total. The molecule has 0 unspecified atom stereocenters. The quantitative estimate of drug-likeness (QED) is 0.590. The maximum atomic E-state index is 7.23. The molecule has 72 valence electrons. The Morgan fingerprint density at radius 1 is 1.46 bits per heavy atom. The number of allylic oxidation sites excluding steroid dienone is 4. The van der Waals surface area contributed by atoms with Gasteiger partial charge in [0, 0.05) is 6.21 Å². The van der Waals surface area contributed by atoms with Gasteiger partial charge in [0.25, 0.3) is 0 Å². The minimum atomic E-state index is 0.373. The third-order valence-electron chi connectivity index (χ3n) is 2.57. The zero-order valence-corrected chi connectivity index (χ0v) is 9.07. The molecule has 1 aliphatic rings. The maximum Gasteiger partial charge on any atom is 0.0209 e. The van der Waals surface area contributed by atoms with Gasteiger partial charge in [-0.3, -0.25) is 0 Å². The third kappa shape index (κ3) is 2.55. The van der Waals surface area contributed by atoms with Crippen LogP contribution in [-0.4, -0.2) is 6.21 Å². The van der Waals surface area contributed by atoms with Gasteiger partial charge in [-0.15, -0.1) is 0 Å². The molecule has 0 aliphatic heterocycles. The highest BCUT2D eigenvalue weighted by Gasteiger charge is 2.24. The van der Waals surface area contributed by atoms with Gasteiger partial charge >= 0.3 is 0 Å². The monoisotopic (exact) mass is 177 g/mol. The predicted octanol–water partition coefficient (Wildman–Crippen LogP) is 3.72. The Morgan fingerprint density at radius 2 is 2.08 bits per heavy atom. The molecule has 1 rings (SSSR count). The lowest BCUT2D eigenvalue weighted by Gasteiger charge is -2.30. The van der Waals surface area contributed by atoms with E-state index in [2.05, 4.69) is 26.8 Å². The summed E-state index contributed by atoms with van der Waals surface area (Å²) in [5.74, 6) is 0. The van der Waals surface area contributed by atoms with Gasteiger partial charge in [0.2, 0.25) is 0 Å². The van der Waals surface area contributed by atoms with Crippen LogP contribution in [-0.2, 0) is 0 Å². The van der Waals surface area contributed by atoms with Crippen molar-refractivity contribution in [3.63, 3.8) is 0 Å². The Hall–Kier alpha value is -0.850. The normalized spacial score (nSPS) is 25.1. The topological polar surface area (TPSA) is 23.9 Å². The minimum absolute atomic E-state index is 0.373. The molecule has 0 heterocycles. The Balaban J connectivity index is 3.04. The van der Waals surface area contributed by atoms with Gasteiger partial charge in [0.1, 0.15) is 0 Å². The lowest BCUT2D eigenvalue weighted by Crippen LogP contribution is -2.17. The highest BCUT2D eigenvalue weighted by molar-refractivity contribution is 5.77. The van der Waals surface area contributed by atoms with Crippen LogP contribution in [0.2, 0.25) is 0 Å². The predicted molar refractivity (Wildman–Crippen MR) is 58.3 cm³/mol. The summed E-state index contributed by atoms with van der Waals surface area (Å²) in [5.41, 5.74) is 4.25. The zero-order chi connectivity index (χ0) is 10.1. The molecule has 0 bridgehead atoms. The van der Waals surface area contributed by atoms with Gasteiger partial charge in [-0.2, -0.15) is 0 Å². The summed E-state index contributed by atoms with van der Waals surface area (Å²) < 4.78 is 0. The molecule has 0 saturated carbocycles. The fourth-order valence-corrected chi connectivity index (χ4v) is 2.08. The van der Waals surface area contributed by atoms with Crippen LogP contribution in [0.3, 0.4) is 0 Å². The van der Waals surface area contributed by atoms with Crippen LogP contribution >= 0.6 is 0 Å². The van der Waals surface area contributed by atoms with Crippen LogP contribution in [0.1, 0.15) is 40.5 Å². The Kier molecular flexibility index (Phi) is 2.74. The van der Waals surface area contributed by atoms with Gasteiger partial charge in [-0.1, -0.05) is 25.5 Å². The summed E-state index contributed by atoms with van der Waals surface area (Å²) in [6, 6.07) is 0. The fourth-order valence-electron chi connectivity index (χ4n) is 2.08. The van der Waals surface area contributed by atoms with Crippen LogP contribution in [0.4, 0.5) is 0 Å². The van der Waals surface area contributed by atoms with Crippen LogP contribution in [0, 0.1) is 10.8 Å². The van der Waals surface area contributed by atoms with E-state index in [1.165, 1.54) is 23.8 Å². The molecule has 0 aromatic rings. The van der Waals surface area contributed by atoms with Crippen molar-refractivity contribution in [2.75, 3.05) is 0 Å². The van der Waals surface area contributed by atoms with E-state index in [0.29, 0.717) is 5.41 Å². The van der Waals surface area contributed by atoms with Crippen molar-refractivity contribution in [1.82, 2.24) is 0 Å². The van der Waals surface area contributed by atoms with Crippen LogP contribution in [0.25, 0.3) is 0 Å². The second kappa shape index (κ2) is 3.49. The second-order valence-electron chi connectivity index (χ2n) is 4.86. The minimum Gasteiger partial charge on any atom is -0.308 e. The summed E-state index contributed by atoms with van der Waals surface area (Å²) in [6.45, 7) is 8.78. The summed E-state index contributed by atoms with van der Waals surface area (Å²) in [5, 5.41) is 7.23. The van der Waals surface area contributed by atoms with Crippen LogP contribution in [0.5, 0.6) is 0 Å². The first kappa shape index (κ1) is 10.2. The summed E-state index contributed by atoms with van der Waals surface area (Å²) in [7, 11) is 0. The zero-order valence-electron chi connectivity index (χ0n) is 9.07. The van der Waals surface area contributed by atoms with Gasteiger partial charge in [-0.25, -0.2) is 0 Å². The van der Waals surface area contributed by atoms with Crippen molar-refractivity contribution < 1.29 is 0 Å². The molecule has 1 N–H and O–H groups in total. The van der Waals surface area contributed by atoms with Gasteiger partial charge in [0.05, 0.1) is 0 Å². The molecule has 1 heteroatoms. The molecule has 13 heavy (non-hydrogen) atoms. The van der Waals surface area contributed by atoms with Crippen molar-refractivity contribution in [2.24, 2.45) is 5.41 Å². The first-order valence-corrected chi connectivity index (χ1v) is 4.82. The average Bonchev–Trinajstić information content (AvgIpc) is 1.99. The van der Waals surface area contributed by atoms with E-state index < -0.39 is 0 Å². The number of nitrogens with one attached hydrogen (secondary N) is 1. The molecule has 0 radical (unpaired) electrons. The SMILES string of the molecule is CC1=C/C(=C(/C)C=N)CC(C)(C)C1. The van der Waals surface area contributed by atoms with Gasteiger partial charge in [-0.05, 0) is 43.3 Å². The summed E-state index contributed by atoms with van der Waals surface area (Å²) >= 11 is 0. The van der Waals surface area contributed by atoms with E-state index in [0.717, 1.165) is 12.0 Å². The van der Waals surface area contributed by atoms with Crippen molar-refractivity contribution in [3.8, 4) is 0 Å². The first-order valence-electron chi connectivity index (χ1n) is 4.82. The molecular formula is C12H19N. The Bertz CT molecular complexity index is 279. The molecule has 0 aromatic heterocycles. The molecule has 1 aliphatic carbocycles. The van der Waals surface area contributed by atoms with E-state index in [-0.39, 0.29) is 0 Å². The summed E-state index contributed by atoms with van der Waals surface area (Å²) in [4.78, 5) is 0. The highest BCUT2D eigenvalue weighted by atomic mass is 14.3. The molecule has 0 spiro atoms. The summed E-state index contributed by atoms with van der Waals surface area (Å²) in [6.07, 6.45) is 5.99. The van der Waals surface area contributed by atoms with E-state index in [1.807, 2.05) is 6.92 Å². The van der Waals surface area contributed by atoms with Gasteiger partial charge < -0.3 is 5.41 Å². The van der Waals surface area contributed by atoms with Crippen LogP contribution < -0.4 is 0 Å². The van der Waals surface area contributed by atoms with Crippen molar-refractivity contribution in [3.05, 3.63) is 22.8 Å². The molecule has 0 amide bonds. The Labute approximate surface area is 81.1 Å². The lowest BCUT2D eigenvalue weighted by molar-refractivity contribution is 0.351. The van der Waals surface area contributed by atoms with Gasteiger partial charge in [0.15, 0.2) is 0 Å². The first-order chi connectivity index (χ1) is 5.94. The number of hydrogen-bond donors (Lipinski definition) is 1. The maximum absolute atomic E-state index is 7.23. The smallest absolute Gasteiger partial charge is 0.0209 e. The molecular weight excluding hydrogens is 158 g/mol. The van der Waals surface area contributed by atoms with E-state index in [1.54, 1.807) is 0 Å². The van der Waals surface area contributed by atoms with Crippen LogP contribution in [0.15, 0.2) is 22.8 Å². The fraction of sp³-hybridized carbons (Fsp3) is 0.583. The van der Waals surface area contributed by atoms with E-state index in [4.69, 9.17) is 5.41 Å². The number of hydrogen-bond acceptors (Lipinski definition) is 1. The van der Waals surface area contributed by atoms with E-state index >= 15 is 0 Å². The largest absolute Gasteiger partial charge is 0.308 e. The molecule has 0 fully saturated rings.